The molecular formula is C15H27NO4. The van der Waals surface area contributed by atoms with Gasteiger partial charge in [-0.05, 0) is 38.0 Å². The summed E-state index contributed by atoms with van der Waals surface area (Å²) in [6.07, 6.45) is 6.31. The molecule has 20 heavy (non-hydrogen) atoms. The van der Waals surface area contributed by atoms with Crippen molar-refractivity contribution in [2.24, 2.45) is 5.41 Å². The van der Waals surface area contributed by atoms with E-state index in [-0.39, 0.29) is 23.8 Å². The second kappa shape index (κ2) is 8.25. The van der Waals surface area contributed by atoms with Crippen LogP contribution >= 0.6 is 0 Å². The third kappa shape index (κ3) is 6.37. The topological polar surface area (TPSA) is 86.6 Å². The fourth-order valence-corrected chi connectivity index (χ4v) is 3.07. The molecule has 0 heterocycles. The number of hydrogen-bond donors (Lipinski definition) is 3. The van der Waals surface area contributed by atoms with Crippen LogP contribution in [-0.2, 0) is 9.59 Å². The highest BCUT2D eigenvalue weighted by Gasteiger charge is 2.36. The Kier molecular flexibility index (Phi) is 6.99. The van der Waals surface area contributed by atoms with Crippen LogP contribution in [0.5, 0.6) is 0 Å². The highest BCUT2D eigenvalue weighted by Crippen LogP contribution is 2.42. The van der Waals surface area contributed by atoms with Crippen LogP contribution in [0.1, 0.15) is 64.7 Å². The molecule has 1 aliphatic carbocycles. The fourth-order valence-electron chi connectivity index (χ4n) is 3.07. The highest BCUT2D eigenvalue weighted by molar-refractivity contribution is 5.78. The number of rotatable bonds is 8. The smallest absolute Gasteiger partial charge is 0.303 e. The van der Waals surface area contributed by atoms with Crippen LogP contribution in [0.4, 0.5) is 0 Å². The van der Waals surface area contributed by atoms with Crippen molar-refractivity contribution in [3.05, 3.63) is 0 Å². The average Bonchev–Trinajstić information content (AvgIpc) is 2.34. The number of nitrogens with one attached hydrogen (secondary N) is 1. The molecule has 1 amide bonds. The van der Waals surface area contributed by atoms with Crippen LogP contribution in [0.2, 0.25) is 0 Å². The molecule has 3 N–H and O–H groups in total. The molecule has 0 bridgehead atoms. The van der Waals surface area contributed by atoms with Crippen molar-refractivity contribution in [2.75, 3.05) is 6.54 Å². The molecule has 5 heteroatoms. The molecule has 5 nitrogen and oxygen atoms in total. The van der Waals surface area contributed by atoms with Gasteiger partial charge in [0, 0.05) is 13.0 Å². The minimum atomic E-state index is -0.811. The second-order valence-electron chi connectivity index (χ2n) is 6.15. The van der Waals surface area contributed by atoms with E-state index in [1.165, 1.54) is 0 Å². The molecule has 0 aromatic rings. The van der Waals surface area contributed by atoms with Crippen molar-refractivity contribution in [1.29, 1.82) is 0 Å². The van der Waals surface area contributed by atoms with Gasteiger partial charge in [0.15, 0.2) is 0 Å². The van der Waals surface area contributed by atoms with Crippen molar-refractivity contribution in [3.63, 3.8) is 0 Å². The first kappa shape index (κ1) is 17.0. The van der Waals surface area contributed by atoms with Gasteiger partial charge in [0.05, 0.1) is 12.5 Å². The summed E-state index contributed by atoms with van der Waals surface area (Å²) in [6, 6.07) is 0. The summed E-state index contributed by atoms with van der Waals surface area (Å²) in [5, 5.41) is 21.0. The number of carboxylic acid groups (broad SMARTS) is 1. The predicted octanol–water partition coefficient (Wildman–Crippen LogP) is 2.08. The molecule has 0 aromatic carbocycles. The Bertz CT molecular complexity index is 322. The number of carbonyl (C=O) groups excluding carboxylic acids is 1. The van der Waals surface area contributed by atoms with Gasteiger partial charge in [-0.3, -0.25) is 9.59 Å². The van der Waals surface area contributed by atoms with Crippen LogP contribution in [0, 0.1) is 5.41 Å². The van der Waals surface area contributed by atoms with Gasteiger partial charge in [-0.25, -0.2) is 0 Å². The standard InChI is InChI=1S/C15H27NO4/c1-12(17)6-5-9-16-13(18)10-15(11-14(19)20)7-3-2-4-8-15/h12,17H,2-11H2,1H3,(H,16,18)(H,19,20). The summed E-state index contributed by atoms with van der Waals surface area (Å²) in [7, 11) is 0. The Morgan fingerprint density at radius 2 is 1.85 bits per heavy atom. The lowest BCUT2D eigenvalue weighted by Crippen LogP contribution is -2.35. The summed E-state index contributed by atoms with van der Waals surface area (Å²) in [5.74, 6) is -0.868. The van der Waals surface area contributed by atoms with Crippen molar-refractivity contribution in [1.82, 2.24) is 5.32 Å². The summed E-state index contributed by atoms with van der Waals surface area (Å²) in [6.45, 7) is 2.28. The van der Waals surface area contributed by atoms with Gasteiger partial charge in [-0.15, -0.1) is 0 Å². The first-order valence-electron chi connectivity index (χ1n) is 7.60. The average molecular weight is 285 g/mol. The Morgan fingerprint density at radius 3 is 2.40 bits per heavy atom. The van der Waals surface area contributed by atoms with E-state index in [1.807, 2.05) is 0 Å². The Morgan fingerprint density at radius 1 is 1.20 bits per heavy atom. The lowest BCUT2D eigenvalue weighted by Gasteiger charge is -2.35. The number of carbonyl (C=O) groups is 2. The number of amides is 1. The Hall–Kier alpha value is -1.10. The van der Waals surface area contributed by atoms with Crippen molar-refractivity contribution in [3.8, 4) is 0 Å². The Labute approximate surface area is 120 Å². The molecule has 0 aliphatic heterocycles. The molecular weight excluding hydrogens is 258 g/mol. The molecule has 1 fully saturated rings. The molecule has 0 saturated heterocycles. The second-order valence-corrected chi connectivity index (χ2v) is 6.15. The molecule has 1 atom stereocenters. The van der Waals surface area contributed by atoms with Gasteiger partial charge >= 0.3 is 5.97 Å². The third-order valence-corrected chi connectivity index (χ3v) is 4.10. The van der Waals surface area contributed by atoms with E-state index in [4.69, 9.17) is 10.2 Å². The third-order valence-electron chi connectivity index (χ3n) is 4.10. The van der Waals surface area contributed by atoms with Gasteiger partial charge in [0.25, 0.3) is 0 Å². The number of hydrogen-bond acceptors (Lipinski definition) is 3. The lowest BCUT2D eigenvalue weighted by molar-refractivity contribution is -0.141. The minimum Gasteiger partial charge on any atom is -0.481 e. The molecule has 116 valence electrons. The lowest BCUT2D eigenvalue weighted by atomic mass is 9.69. The van der Waals surface area contributed by atoms with E-state index in [1.54, 1.807) is 6.92 Å². The summed E-state index contributed by atoms with van der Waals surface area (Å²) in [4.78, 5) is 23.0. The number of aliphatic hydroxyl groups is 1. The molecule has 1 rings (SSSR count). The minimum absolute atomic E-state index is 0.0567. The van der Waals surface area contributed by atoms with Gasteiger partial charge in [0.2, 0.25) is 5.91 Å². The number of carboxylic acids is 1. The van der Waals surface area contributed by atoms with E-state index in [2.05, 4.69) is 5.32 Å². The molecule has 0 aromatic heterocycles. The molecule has 1 aliphatic rings. The first-order valence-corrected chi connectivity index (χ1v) is 7.60. The van der Waals surface area contributed by atoms with Gasteiger partial charge in [0.1, 0.15) is 0 Å². The Balaban J connectivity index is 2.40. The zero-order valence-electron chi connectivity index (χ0n) is 12.4. The van der Waals surface area contributed by atoms with E-state index in [0.29, 0.717) is 19.4 Å². The van der Waals surface area contributed by atoms with Gasteiger partial charge < -0.3 is 15.5 Å². The maximum Gasteiger partial charge on any atom is 0.303 e. The summed E-state index contributed by atoms with van der Waals surface area (Å²) < 4.78 is 0. The van der Waals surface area contributed by atoms with Gasteiger partial charge in [-0.2, -0.15) is 0 Å². The highest BCUT2D eigenvalue weighted by atomic mass is 16.4. The SMILES string of the molecule is CC(O)CCCNC(=O)CC1(CC(=O)O)CCCCC1. The van der Waals surface area contributed by atoms with E-state index in [0.717, 1.165) is 38.5 Å². The zero-order chi connectivity index (χ0) is 15.0. The summed E-state index contributed by atoms with van der Waals surface area (Å²) in [5.41, 5.74) is -0.349. The number of aliphatic carboxylic acids is 1. The molecule has 1 saturated carbocycles. The van der Waals surface area contributed by atoms with Crippen molar-refractivity contribution >= 4 is 11.9 Å². The predicted molar refractivity (Wildman–Crippen MR) is 76.3 cm³/mol. The maximum absolute atomic E-state index is 12.0. The molecule has 1 unspecified atom stereocenters. The van der Waals surface area contributed by atoms with E-state index >= 15 is 0 Å². The van der Waals surface area contributed by atoms with Gasteiger partial charge in [-0.1, -0.05) is 19.3 Å². The monoisotopic (exact) mass is 285 g/mol. The quantitative estimate of drug-likeness (QED) is 0.596. The molecule has 0 spiro atoms. The largest absolute Gasteiger partial charge is 0.481 e. The fraction of sp³-hybridized carbons (Fsp3) is 0.867. The van der Waals surface area contributed by atoms with E-state index in [9.17, 15) is 9.59 Å². The van der Waals surface area contributed by atoms with Crippen LogP contribution in [0.25, 0.3) is 0 Å². The van der Waals surface area contributed by atoms with E-state index < -0.39 is 5.97 Å². The van der Waals surface area contributed by atoms with Crippen LogP contribution in [0.15, 0.2) is 0 Å². The zero-order valence-corrected chi connectivity index (χ0v) is 12.4. The normalized spacial score (nSPS) is 19.3. The van der Waals surface area contributed by atoms with Crippen molar-refractivity contribution in [2.45, 2.75) is 70.8 Å². The van der Waals surface area contributed by atoms with Crippen molar-refractivity contribution < 1.29 is 19.8 Å². The van der Waals surface area contributed by atoms with Crippen LogP contribution in [0.3, 0.4) is 0 Å². The number of aliphatic hydroxyl groups excluding tert-OH is 1. The maximum atomic E-state index is 12.0. The van der Waals surface area contributed by atoms with Crippen LogP contribution < -0.4 is 5.32 Å². The molecule has 0 radical (unpaired) electrons. The summed E-state index contributed by atoms with van der Waals surface area (Å²) >= 11 is 0. The first-order chi connectivity index (χ1) is 9.43. The van der Waals surface area contributed by atoms with Crippen LogP contribution in [-0.4, -0.2) is 34.7 Å².